The Morgan fingerprint density at radius 2 is 2.12 bits per heavy atom. The Morgan fingerprint density at radius 3 is 2.71 bits per heavy atom. The van der Waals surface area contributed by atoms with Crippen molar-refractivity contribution >= 4 is 26.9 Å². The Kier molecular flexibility index (Phi) is 5.11. The third kappa shape index (κ3) is 4.85. The van der Waals surface area contributed by atoms with E-state index in [0.29, 0.717) is 6.42 Å². The van der Waals surface area contributed by atoms with Crippen LogP contribution < -0.4 is 4.72 Å². The lowest BCUT2D eigenvalue weighted by Gasteiger charge is -2.06. The van der Waals surface area contributed by atoms with Gasteiger partial charge in [-0.2, -0.15) is 0 Å². The van der Waals surface area contributed by atoms with E-state index in [1.807, 2.05) is 13.0 Å². The highest BCUT2D eigenvalue weighted by Crippen LogP contribution is 2.10. The first-order chi connectivity index (χ1) is 7.92. The van der Waals surface area contributed by atoms with Crippen molar-refractivity contribution < 1.29 is 13.2 Å². The summed E-state index contributed by atoms with van der Waals surface area (Å²) in [7, 11) is -3.49. The van der Waals surface area contributed by atoms with Crippen LogP contribution in [0.4, 0.5) is 0 Å². The summed E-state index contributed by atoms with van der Waals surface area (Å²) in [4.78, 5) is 10.7. The number of aryl methyl sites for hydroxylation is 1. The van der Waals surface area contributed by atoms with Gasteiger partial charge in [0.25, 0.3) is 0 Å². The van der Waals surface area contributed by atoms with Crippen LogP contribution in [0.1, 0.15) is 18.4 Å². The van der Waals surface area contributed by atoms with Gasteiger partial charge in [-0.25, -0.2) is 13.1 Å². The number of hydrogen-bond acceptors (Lipinski definition) is 3. The van der Waals surface area contributed by atoms with Gasteiger partial charge in [-0.1, -0.05) is 12.1 Å². The zero-order chi connectivity index (χ0) is 12.9. The second-order valence-electron chi connectivity index (χ2n) is 3.67. The van der Waals surface area contributed by atoms with E-state index in [4.69, 9.17) is 11.6 Å². The minimum Gasteiger partial charge on any atom is -0.281 e. The first kappa shape index (κ1) is 14.2. The predicted octanol–water partition coefficient (Wildman–Crippen LogP) is 1.82. The molecule has 0 atom stereocenters. The highest BCUT2D eigenvalue weighted by molar-refractivity contribution is 7.89. The molecule has 0 heterocycles. The summed E-state index contributed by atoms with van der Waals surface area (Å²) in [5, 5.41) is -0.459. The fraction of sp³-hybridized carbons (Fsp3) is 0.364. The van der Waals surface area contributed by atoms with E-state index in [1.165, 1.54) is 6.07 Å². The third-order valence-corrected chi connectivity index (χ3v) is 3.79. The Bertz CT molecular complexity index is 499. The third-order valence-electron chi connectivity index (χ3n) is 2.14. The zero-order valence-electron chi connectivity index (χ0n) is 9.44. The van der Waals surface area contributed by atoms with Crippen LogP contribution in [0.15, 0.2) is 29.2 Å². The second-order valence-corrected chi connectivity index (χ2v) is 5.86. The maximum Gasteiger partial charge on any atom is 0.240 e. The number of carbonyl (C=O) groups is 1. The first-order valence-electron chi connectivity index (χ1n) is 5.16. The Hall–Kier alpha value is -0.910. The van der Waals surface area contributed by atoms with Crippen LogP contribution >= 0.6 is 11.6 Å². The van der Waals surface area contributed by atoms with Crippen molar-refractivity contribution in [2.75, 3.05) is 6.54 Å². The molecule has 6 heteroatoms. The van der Waals surface area contributed by atoms with Crippen LogP contribution in [0.2, 0.25) is 0 Å². The molecule has 0 aromatic heterocycles. The van der Waals surface area contributed by atoms with E-state index in [2.05, 4.69) is 4.72 Å². The number of rotatable bonds is 6. The Morgan fingerprint density at radius 1 is 1.41 bits per heavy atom. The molecule has 1 aromatic carbocycles. The van der Waals surface area contributed by atoms with Gasteiger partial charge >= 0.3 is 0 Å². The summed E-state index contributed by atoms with van der Waals surface area (Å²) in [5.74, 6) is 0. The predicted molar refractivity (Wildman–Crippen MR) is 66.5 cm³/mol. The second kappa shape index (κ2) is 6.14. The number of benzene rings is 1. The van der Waals surface area contributed by atoms with E-state index in [0.717, 1.165) is 5.56 Å². The van der Waals surface area contributed by atoms with Gasteiger partial charge in [0.1, 0.15) is 0 Å². The smallest absolute Gasteiger partial charge is 0.240 e. The van der Waals surface area contributed by atoms with Crippen molar-refractivity contribution in [3.05, 3.63) is 29.8 Å². The van der Waals surface area contributed by atoms with Gasteiger partial charge < -0.3 is 0 Å². The van der Waals surface area contributed by atoms with Crippen LogP contribution in [0.5, 0.6) is 0 Å². The molecule has 0 radical (unpaired) electrons. The molecule has 0 saturated heterocycles. The van der Waals surface area contributed by atoms with Crippen LogP contribution in [-0.4, -0.2) is 20.2 Å². The summed E-state index contributed by atoms with van der Waals surface area (Å²) >= 11 is 5.15. The summed E-state index contributed by atoms with van der Waals surface area (Å²) in [6, 6.07) is 6.63. The first-order valence-corrected chi connectivity index (χ1v) is 7.02. The normalized spacial score (nSPS) is 11.4. The number of hydrogen-bond donors (Lipinski definition) is 1. The van der Waals surface area contributed by atoms with E-state index in [1.54, 1.807) is 12.1 Å². The Labute approximate surface area is 106 Å². The Balaban J connectivity index is 2.60. The molecule has 0 unspecified atom stereocenters. The van der Waals surface area contributed by atoms with Gasteiger partial charge in [-0.3, -0.25) is 4.79 Å². The molecular weight excluding hydrogens is 262 g/mol. The molecule has 0 aliphatic rings. The average molecular weight is 276 g/mol. The van der Waals surface area contributed by atoms with Crippen molar-refractivity contribution in [3.8, 4) is 0 Å². The lowest BCUT2D eigenvalue weighted by atomic mass is 10.2. The van der Waals surface area contributed by atoms with E-state index < -0.39 is 15.3 Å². The van der Waals surface area contributed by atoms with E-state index >= 15 is 0 Å². The fourth-order valence-corrected chi connectivity index (χ4v) is 2.61. The monoisotopic (exact) mass is 275 g/mol. The van der Waals surface area contributed by atoms with Crippen molar-refractivity contribution in [2.24, 2.45) is 0 Å². The summed E-state index contributed by atoms with van der Waals surface area (Å²) in [6.07, 6.45) is 0.561. The molecule has 1 aromatic rings. The van der Waals surface area contributed by atoms with Crippen molar-refractivity contribution in [3.63, 3.8) is 0 Å². The lowest BCUT2D eigenvalue weighted by molar-refractivity contribution is -0.111. The molecule has 0 aliphatic carbocycles. The number of carbonyl (C=O) groups excluding carboxylic acids is 1. The molecule has 17 heavy (non-hydrogen) atoms. The topological polar surface area (TPSA) is 63.2 Å². The van der Waals surface area contributed by atoms with Gasteiger partial charge in [0, 0.05) is 13.0 Å². The molecule has 0 bridgehead atoms. The molecule has 94 valence electrons. The summed E-state index contributed by atoms with van der Waals surface area (Å²) < 4.78 is 26.0. The number of nitrogens with one attached hydrogen (secondary N) is 1. The fourth-order valence-electron chi connectivity index (χ4n) is 1.30. The van der Waals surface area contributed by atoms with Gasteiger partial charge in [0.05, 0.1) is 4.90 Å². The highest BCUT2D eigenvalue weighted by atomic mass is 35.5. The van der Waals surface area contributed by atoms with Gasteiger partial charge in [-0.15, -0.1) is 0 Å². The van der Waals surface area contributed by atoms with E-state index in [-0.39, 0.29) is 17.9 Å². The summed E-state index contributed by atoms with van der Waals surface area (Å²) in [5.41, 5.74) is 0.879. The van der Waals surface area contributed by atoms with Crippen LogP contribution in [-0.2, 0) is 14.8 Å². The standard InChI is InChI=1S/C11H14ClNO3S/c1-9-4-2-5-10(8-9)17(15,16)13-7-3-6-11(12)14/h2,4-5,8,13H,3,6-7H2,1H3. The molecule has 4 nitrogen and oxygen atoms in total. The quantitative estimate of drug-likeness (QED) is 0.636. The maximum atomic E-state index is 11.8. The highest BCUT2D eigenvalue weighted by Gasteiger charge is 2.12. The van der Waals surface area contributed by atoms with Crippen LogP contribution in [0, 0.1) is 6.92 Å². The minimum atomic E-state index is -3.49. The van der Waals surface area contributed by atoms with Gasteiger partial charge in [-0.05, 0) is 42.6 Å². The molecule has 0 aliphatic heterocycles. The van der Waals surface area contributed by atoms with Gasteiger partial charge in [0.15, 0.2) is 0 Å². The average Bonchev–Trinajstić information content (AvgIpc) is 2.24. The summed E-state index contributed by atoms with van der Waals surface area (Å²) in [6.45, 7) is 2.03. The van der Waals surface area contributed by atoms with Crippen molar-refractivity contribution in [1.29, 1.82) is 0 Å². The lowest BCUT2D eigenvalue weighted by Crippen LogP contribution is -2.25. The molecule has 0 amide bonds. The van der Waals surface area contributed by atoms with Crippen LogP contribution in [0.25, 0.3) is 0 Å². The number of halogens is 1. The zero-order valence-corrected chi connectivity index (χ0v) is 11.0. The van der Waals surface area contributed by atoms with Crippen molar-refractivity contribution in [2.45, 2.75) is 24.7 Å². The molecular formula is C11H14ClNO3S. The molecule has 1 rings (SSSR count). The SMILES string of the molecule is Cc1cccc(S(=O)(=O)NCCCC(=O)Cl)c1. The molecule has 0 spiro atoms. The minimum absolute atomic E-state index is 0.165. The molecule has 0 fully saturated rings. The molecule has 0 saturated carbocycles. The van der Waals surface area contributed by atoms with Gasteiger partial charge in [0.2, 0.25) is 15.3 Å². The largest absolute Gasteiger partial charge is 0.281 e. The number of sulfonamides is 1. The van der Waals surface area contributed by atoms with Crippen molar-refractivity contribution in [1.82, 2.24) is 4.72 Å². The van der Waals surface area contributed by atoms with Crippen LogP contribution in [0.3, 0.4) is 0 Å². The van der Waals surface area contributed by atoms with E-state index in [9.17, 15) is 13.2 Å². The molecule has 1 N–H and O–H groups in total. The maximum absolute atomic E-state index is 11.8.